The smallest absolute Gasteiger partial charge is 0.268 e. The Kier molecular flexibility index (Phi) is 4.65. The number of oxime groups is 1. The van der Waals surface area contributed by atoms with Crippen LogP contribution in [0.25, 0.3) is 0 Å². The summed E-state index contributed by atoms with van der Waals surface area (Å²) in [5.41, 5.74) is 2.29. The first-order chi connectivity index (χ1) is 11.7. The average molecular weight is 326 g/mol. The van der Waals surface area contributed by atoms with Gasteiger partial charge in [-0.3, -0.25) is 4.79 Å². The number of anilines is 1. The fourth-order valence-corrected chi connectivity index (χ4v) is 2.42. The van der Waals surface area contributed by atoms with Crippen LogP contribution in [0.2, 0.25) is 0 Å². The van der Waals surface area contributed by atoms with Crippen LogP contribution in [0.15, 0.2) is 53.7 Å². The molecule has 124 valence electrons. The molecule has 3 rings (SSSR count). The molecule has 0 aliphatic carbocycles. The van der Waals surface area contributed by atoms with Crippen molar-refractivity contribution in [1.29, 1.82) is 0 Å². The minimum atomic E-state index is -0.655. The van der Waals surface area contributed by atoms with Gasteiger partial charge in [0.15, 0.2) is 0 Å². The molecule has 0 unspecified atom stereocenters. The number of carbonyl (C=O) groups excluding carboxylic acids is 1. The summed E-state index contributed by atoms with van der Waals surface area (Å²) >= 11 is 0. The summed E-state index contributed by atoms with van der Waals surface area (Å²) < 4.78 is 10.4. The quantitative estimate of drug-likeness (QED) is 0.917. The number of hydrogen-bond acceptors (Lipinski definition) is 5. The molecule has 0 radical (unpaired) electrons. The lowest BCUT2D eigenvalue weighted by Gasteiger charge is -2.12. The molecule has 6 nitrogen and oxygen atoms in total. The van der Waals surface area contributed by atoms with Crippen LogP contribution in [-0.2, 0) is 9.63 Å². The zero-order chi connectivity index (χ0) is 16.9. The van der Waals surface area contributed by atoms with E-state index in [1.807, 2.05) is 30.3 Å². The third-order valence-corrected chi connectivity index (χ3v) is 3.69. The molecule has 1 heterocycles. The van der Waals surface area contributed by atoms with Gasteiger partial charge in [0.1, 0.15) is 11.5 Å². The van der Waals surface area contributed by atoms with Crippen molar-refractivity contribution in [2.75, 3.05) is 19.5 Å². The Morgan fingerprint density at radius 1 is 1.12 bits per heavy atom. The van der Waals surface area contributed by atoms with E-state index in [4.69, 9.17) is 14.3 Å². The van der Waals surface area contributed by atoms with Crippen LogP contribution in [0.5, 0.6) is 11.5 Å². The summed E-state index contributed by atoms with van der Waals surface area (Å²) in [6, 6.07) is 14.8. The van der Waals surface area contributed by atoms with Crippen molar-refractivity contribution in [2.45, 2.75) is 12.5 Å². The third-order valence-electron chi connectivity index (χ3n) is 3.69. The van der Waals surface area contributed by atoms with Gasteiger partial charge in [-0.1, -0.05) is 35.5 Å². The second-order valence-electron chi connectivity index (χ2n) is 5.29. The molecule has 1 atom stereocenters. The minimum absolute atomic E-state index is 0.264. The second kappa shape index (κ2) is 7.04. The minimum Gasteiger partial charge on any atom is -0.497 e. The van der Waals surface area contributed by atoms with Gasteiger partial charge in [0.2, 0.25) is 6.10 Å². The van der Waals surface area contributed by atoms with Crippen molar-refractivity contribution >= 4 is 17.3 Å². The molecule has 6 heteroatoms. The lowest BCUT2D eigenvalue weighted by Crippen LogP contribution is -2.28. The number of methoxy groups -OCH3 is 2. The molecule has 0 saturated heterocycles. The van der Waals surface area contributed by atoms with Gasteiger partial charge in [0, 0.05) is 30.3 Å². The van der Waals surface area contributed by atoms with Gasteiger partial charge in [-0.25, -0.2) is 0 Å². The number of rotatable bonds is 5. The van der Waals surface area contributed by atoms with Crippen molar-refractivity contribution in [1.82, 2.24) is 0 Å². The molecular formula is C18H18N2O4. The van der Waals surface area contributed by atoms with Crippen molar-refractivity contribution in [3.8, 4) is 11.5 Å². The highest BCUT2D eigenvalue weighted by Gasteiger charge is 2.29. The van der Waals surface area contributed by atoms with Gasteiger partial charge in [-0.2, -0.15) is 0 Å². The van der Waals surface area contributed by atoms with E-state index in [9.17, 15) is 4.79 Å². The number of carbonyl (C=O) groups is 1. The molecule has 24 heavy (non-hydrogen) atoms. The Morgan fingerprint density at radius 3 is 2.42 bits per heavy atom. The molecular weight excluding hydrogens is 308 g/mol. The highest BCUT2D eigenvalue weighted by molar-refractivity contribution is 6.06. The molecule has 1 N–H and O–H groups in total. The summed E-state index contributed by atoms with van der Waals surface area (Å²) in [6.07, 6.45) is -0.228. The Bertz CT molecular complexity index is 737. The second-order valence-corrected chi connectivity index (χ2v) is 5.29. The predicted molar refractivity (Wildman–Crippen MR) is 90.6 cm³/mol. The summed E-state index contributed by atoms with van der Waals surface area (Å²) in [6.45, 7) is 0. The molecule has 1 aliphatic rings. The highest BCUT2D eigenvalue weighted by atomic mass is 16.6. The number of nitrogens with one attached hydrogen (secondary N) is 1. The monoisotopic (exact) mass is 326 g/mol. The zero-order valence-corrected chi connectivity index (χ0v) is 13.5. The van der Waals surface area contributed by atoms with Crippen LogP contribution in [-0.4, -0.2) is 31.9 Å². The van der Waals surface area contributed by atoms with Crippen LogP contribution in [0.1, 0.15) is 12.0 Å². The fraction of sp³-hybridized carbons (Fsp3) is 0.222. The molecule has 2 aromatic carbocycles. The standard InChI is InChI=1S/C18H18N2O4/c1-22-14-8-13(9-15(10-14)23-2)19-18(21)17-11-16(20-24-17)12-6-4-3-5-7-12/h3-10,17H,11H2,1-2H3,(H,19,21)/t17-/m1/s1. The first kappa shape index (κ1) is 15.9. The lowest BCUT2D eigenvalue weighted by molar-refractivity contribution is -0.125. The van der Waals surface area contributed by atoms with Gasteiger partial charge in [-0.15, -0.1) is 0 Å². The summed E-state index contributed by atoms with van der Waals surface area (Å²) in [5.74, 6) is 0.927. The normalized spacial score (nSPS) is 16.1. The van der Waals surface area contributed by atoms with Gasteiger partial charge < -0.3 is 19.6 Å². The fourth-order valence-electron chi connectivity index (χ4n) is 2.42. The van der Waals surface area contributed by atoms with Gasteiger partial charge in [-0.05, 0) is 5.56 Å². The molecule has 1 amide bonds. The molecule has 0 aromatic heterocycles. The molecule has 0 fully saturated rings. The van der Waals surface area contributed by atoms with Crippen LogP contribution < -0.4 is 14.8 Å². The third kappa shape index (κ3) is 3.48. The Balaban J connectivity index is 1.67. The summed E-state index contributed by atoms with van der Waals surface area (Å²) in [4.78, 5) is 17.7. The van der Waals surface area contributed by atoms with Crippen LogP contribution >= 0.6 is 0 Å². The number of nitrogens with zero attached hydrogens (tertiary/aromatic N) is 1. The first-order valence-corrected chi connectivity index (χ1v) is 7.51. The van der Waals surface area contributed by atoms with E-state index in [-0.39, 0.29) is 5.91 Å². The maximum Gasteiger partial charge on any atom is 0.268 e. The zero-order valence-electron chi connectivity index (χ0n) is 13.5. The van der Waals surface area contributed by atoms with E-state index in [2.05, 4.69) is 10.5 Å². The van der Waals surface area contributed by atoms with Gasteiger partial charge >= 0.3 is 0 Å². The van der Waals surface area contributed by atoms with Crippen molar-refractivity contribution in [3.05, 3.63) is 54.1 Å². The van der Waals surface area contributed by atoms with Crippen LogP contribution in [0, 0.1) is 0 Å². The van der Waals surface area contributed by atoms with Gasteiger partial charge in [0.25, 0.3) is 5.91 Å². The maximum atomic E-state index is 12.4. The van der Waals surface area contributed by atoms with E-state index in [0.29, 0.717) is 23.6 Å². The van der Waals surface area contributed by atoms with Crippen molar-refractivity contribution in [2.24, 2.45) is 5.16 Å². The summed E-state index contributed by atoms with van der Waals surface area (Å²) in [5, 5.41) is 6.83. The molecule has 0 bridgehead atoms. The van der Waals surface area contributed by atoms with Gasteiger partial charge in [0.05, 0.1) is 19.9 Å². The van der Waals surface area contributed by atoms with E-state index < -0.39 is 6.10 Å². The SMILES string of the molecule is COc1cc(NC(=O)[C@H]2CC(c3ccccc3)=NO2)cc(OC)c1. The first-order valence-electron chi connectivity index (χ1n) is 7.51. The van der Waals surface area contributed by atoms with Crippen molar-refractivity contribution in [3.63, 3.8) is 0 Å². The number of amides is 1. The number of ether oxygens (including phenoxy) is 2. The van der Waals surface area contributed by atoms with E-state index >= 15 is 0 Å². The van der Waals surface area contributed by atoms with Crippen LogP contribution in [0.3, 0.4) is 0 Å². The van der Waals surface area contributed by atoms with E-state index in [1.165, 1.54) is 0 Å². The predicted octanol–water partition coefficient (Wildman–Crippen LogP) is 2.84. The Labute approximate surface area is 140 Å². The molecule has 1 aliphatic heterocycles. The van der Waals surface area contributed by atoms with Crippen molar-refractivity contribution < 1.29 is 19.1 Å². The number of hydrogen-bond donors (Lipinski definition) is 1. The lowest BCUT2D eigenvalue weighted by atomic mass is 10.0. The Morgan fingerprint density at radius 2 is 1.79 bits per heavy atom. The average Bonchev–Trinajstić information content (AvgIpc) is 3.12. The molecule has 0 spiro atoms. The van der Waals surface area contributed by atoms with E-state index in [0.717, 1.165) is 11.3 Å². The molecule has 2 aromatic rings. The molecule has 0 saturated carbocycles. The topological polar surface area (TPSA) is 69.2 Å². The number of benzene rings is 2. The van der Waals surface area contributed by atoms with E-state index in [1.54, 1.807) is 32.4 Å². The maximum absolute atomic E-state index is 12.4. The Hall–Kier alpha value is -3.02. The summed E-state index contributed by atoms with van der Waals surface area (Å²) in [7, 11) is 3.11. The largest absolute Gasteiger partial charge is 0.497 e. The van der Waals surface area contributed by atoms with Crippen LogP contribution in [0.4, 0.5) is 5.69 Å². The highest BCUT2D eigenvalue weighted by Crippen LogP contribution is 2.26.